The maximum Gasteiger partial charge on any atom is 0.422 e. The molecular formula is C20H23F3N4O2S. The van der Waals surface area contributed by atoms with E-state index in [1.165, 1.54) is 11.8 Å². The maximum atomic E-state index is 12.5. The minimum atomic E-state index is -4.47. The lowest BCUT2D eigenvalue weighted by molar-refractivity contribution is -0.154. The molecule has 0 saturated heterocycles. The number of alkyl halides is 3. The number of carbonyl (C=O) groups excluding carboxylic acids is 1. The lowest BCUT2D eigenvalue weighted by Crippen LogP contribution is -2.28. The highest BCUT2D eigenvalue weighted by Gasteiger charge is 2.30. The molecule has 3 rings (SSSR count). The zero-order valence-corrected chi connectivity index (χ0v) is 16.4. The van der Waals surface area contributed by atoms with E-state index in [4.69, 9.17) is 5.73 Å². The lowest BCUT2D eigenvalue weighted by Gasteiger charge is -2.30. The summed E-state index contributed by atoms with van der Waals surface area (Å²) >= 11 is 1.52. The third-order valence-electron chi connectivity index (χ3n) is 4.41. The molecule has 0 radical (unpaired) electrons. The number of ether oxygens (including phenoxy) is 1. The van der Waals surface area contributed by atoms with Crippen molar-refractivity contribution >= 4 is 22.7 Å². The van der Waals surface area contributed by atoms with Gasteiger partial charge in [0, 0.05) is 12.2 Å². The summed E-state index contributed by atoms with van der Waals surface area (Å²) in [6, 6.07) is 7.55. The molecule has 2 aromatic rings. The second kappa shape index (κ2) is 9.46. The van der Waals surface area contributed by atoms with E-state index in [0.717, 1.165) is 35.7 Å². The van der Waals surface area contributed by atoms with Crippen molar-refractivity contribution in [2.24, 2.45) is 10.7 Å². The first kappa shape index (κ1) is 23.7. The van der Waals surface area contributed by atoms with Gasteiger partial charge >= 0.3 is 6.18 Å². The topological polar surface area (TPSA) is 90.5 Å². The molecule has 1 aliphatic heterocycles. The molecule has 1 aromatic carbocycles. The van der Waals surface area contributed by atoms with Gasteiger partial charge in [-0.15, -0.1) is 0 Å². The monoisotopic (exact) mass is 440 g/mol. The molecule has 30 heavy (non-hydrogen) atoms. The first-order valence-corrected chi connectivity index (χ1v) is 9.75. The van der Waals surface area contributed by atoms with Gasteiger partial charge in [-0.1, -0.05) is 43.5 Å². The van der Waals surface area contributed by atoms with Gasteiger partial charge in [-0.05, 0) is 24.5 Å². The zero-order chi connectivity index (χ0) is 21.1. The Morgan fingerprint density at radius 3 is 2.70 bits per heavy atom. The van der Waals surface area contributed by atoms with Crippen LogP contribution in [0.3, 0.4) is 0 Å². The number of Topliss-reactive ketones (excluding diaryl/α,β-unsaturated/α-hetero) is 1. The average Bonchev–Trinajstić information content (AvgIpc) is 2.66. The van der Waals surface area contributed by atoms with Gasteiger partial charge in [-0.25, -0.2) is 9.97 Å². The summed E-state index contributed by atoms with van der Waals surface area (Å²) in [5.41, 5.74) is 7.23. The molecule has 0 bridgehead atoms. The quantitative estimate of drug-likeness (QED) is 0.679. The Hall–Kier alpha value is -2.62. The van der Waals surface area contributed by atoms with Crippen LogP contribution in [0.15, 0.2) is 41.7 Å². The van der Waals surface area contributed by atoms with Gasteiger partial charge in [-0.2, -0.15) is 13.2 Å². The van der Waals surface area contributed by atoms with Crippen molar-refractivity contribution in [1.29, 1.82) is 0 Å². The van der Waals surface area contributed by atoms with Crippen LogP contribution in [0.1, 0.15) is 42.4 Å². The van der Waals surface area contributed by atoms with Crippen LogP contribution in [-0.4, -0.2) is 39.5 Å². The van der Waals surface area contributed by atoms with Crippen LogP contribution >= 0.6 is 11.8 Å². The van der Waals surface area contributed by atoms with Gasteiger partial charge in [0.25, 0.3) is 0 Å². The highest BCUT2D eigenvalue weighted by atomic mass is 32.2. The Balaban J connectivity index is 0.00000320. The Morgan fingerprint density at radius 2 is 2.07 bits per heavy atom. The van der Waals surface area contributed by atoms with Crippen molar-refractivity contribution in [3.8, 4) is 5.88 Å². The molecule has 0 amide bonds. The van der Waals surface area contributed by atoms with Gasteiger partial charge < -0.3 is 10.5 Å². The summed E-state index contributed by atoms with van der Waals surface area (Å²) in [6.07, 6.45) is -1.43. The Bertz CT molecular complexity index is 919. The Labute approximate surface area is 177 Å². The number of carbonyl (C=O) groups is 1. The van der Waals surface area contributed by atoms with E-state index in [1.54, 1.807) is 0 Å². The summed E-state index contributed by atoms with van der Waals surface area (Å²) in [4.78, 5) is 24.6. The number of ketones is 1. The molecule has 1 aliphatic rings. The number of nitrogens with two attached hydrogens (primary N) is 1. The van der Waals surface area contributed by atoms with Crippen molar-refractivity contribution in [2.75, 3.05) is 12.4 Å². The first-order valence-electron chi connectivity index (χ1n) is 8.77. The van der Waals surface area contributed by atoms with Crippen LogP contribution in [0.2, 0.25) is 0 Å². The SMILES string of the molecule is C.C[C@@]1(c2cccc(CC(=O)c3cnc(OCC(F)(F)F)cn3)c2)CCSC(N)=N1. The third-order valence-corrected chi connectivity index (χ3v) is 5.20. The van der Waals surface area contributed by atoms with E-state index in [1.807, 2.05) is 31.2 Å². The molecule has 0 aliphatic carbocycles. The predicted molar refractivity (Wildman–Crippen MR) is 111 cm³/mol. The molecule has 0 saturated carbocycles. The number of amidine groups is 1. The van der Waals surface area contributed by atoms with E-state index in [0.29, 0.717) is 5.17 Å². The fourth-order valence-electron chi connectivity index (χ4n) is 2.88. The highest BCUT2D eigenvalue weighted by molar-refractivity contribution is 8.13. The summed E-state index contributed by atoms with van der Waals surface area (Å²) < 4.78 is 41.0. The van der Waals surface area contributed by atoms with Crippen molar-refractivity contribution in [1.82, 2.24) is 9.97 Å². The summed E-state index contributed by atoms with van der Waals surface area (Å²) in [5, 5.41) is 0.545. The van der Waals surface area contributed by atoms with E-state index >= 15 is 0 Å². The number of halogens is 3. The molecule has 1 aromatic heterocycles. The average molecular weight is 440 g/mol. The van der Waals surface area contributed by atoms with E-state index in [2.05, 4.69) is 19.7 Å². The first-order chi connectivity index (χ1) is 13.6. The highest BCUT2D eigenvalue weighted by Crippen LogP contribution is 2.35. The molecule has 6 nitrogen and oxygen atoms in total. The number of benzene rings is 1. The summed E-state index contributed by atoms with van der Waals surface area (Å²) in [7, 11) is 0. The molecule has 0 spiro atoms. The second-order valence-electron chi connectivity index (χ2n) is 6.77. The fourth-order valence-corrected chi connectivity index (χ4v) is 3.85. The molecule has 2 N–H and O–H groups in total. The number of rotatable bonds is 6. The third kappa shape index (κ3) is 6.19. The number of aliphatic imine (C=N–C) groups is 1. The Kier molecular flexibility index (Phi) is 7.46. The number of thioether (sulfide) groups is 1. The molecular weight excluding hydrogens is 417 g/mol. The minimum absolute atomic E-state index is 0. The smallest absolute Gasteiger partial charge is 0.422 e. The standard InChI is InChI=1S/C19H19F3N4O2S.CH4/c1-18(5-6-29-17(23)26-18)13-4-2-3-12(7-13)8-15(27)14-9-25-16(10-24-14)28-11-19(20,21)22;/h2-4,7,9-10H,5-6,8,11H2,1H3,(H2,23,26);1H4/t18-;/m0./s1. The van der Waals surface area contributed by atoms with Gasteiger partial charge in [0.2, 0.25) is 5.88 Å². The van der Waals surface area contributed by atoms with Crippen LogP contribution < -0.4 is 10.5 Å². The van der Waals surface area contributed by atoms with E-state index < -0.39 is 18.3 Å². The van der Waals surface area contributed by atoms with Crippen LogP contribution in [0.5, 0.6) is 5.88 Å². The van der Waals surface area contributed by atoms with Gasteiger partial charge in [0.15, 0.2) is 17.6 Å². The molecule has 162 valence electrons. The summed E-state index contributed by atoms with van der Waals surface area (Å²) in [6.45, 7) is 0.539. The van der Waals surface area contributed by atoms with Crippen LogP contribution in [0.25, 0.3) is 0 Å². The second-order valence-corrected chi connectivity index (χ2v) is 7.88. The minimum Gasteiger partial charge on any atom is -0.467 e. The van der Waals surface area contributed by atoms with Crippen LogP contribution in [0, 0.1) is 0 Å². The van der Waals surface area contributed by atoms with Gasteiger partial charge in [0.05, 0.1) is 17.9 Å². The van der Waals surface area contributed by atoms with Crippen molar-refractivity contribution in [3.63, 3.8) is 0 Å². The van der Waals surface area contributed by atoms with Gasteiger partial charge in [0.1, 0.15) is 5.69 Å². The number of nitrogens with zero attached hydrogens (tertiary/aromatic N) is 3. The number of hydrogen-bond acceptors (Lipinski definition) is 7. The van der Waals surface area contributed by atoms with Crippen LogP contribution in [-0.2, 0) is 12.0 Å². The van der Waals surface area contributed by atoms with E-state index in [-0.39, 0.29) is 31.2 Å². The summed E-state index contributed by atoms with van der Waals surface area (Å²) in [5.74, 6) is 0.275. The number of hydrogen-bond donors (Lipinski definition) is 1. The largest absolute Gasteiger partial charge is 0.467 e. The maximum absolute atomic E-state index is 12.5. The van der Waals surface area contributed by atoms with E-state index in [9.17, 15) is 18.0 Å². The fraction of sp³-hybridized carbons (Fsp3) is 0.400. The zero-order valence-electron chi connectivity index (χ0n) is 15.6. The Morgan fingerprint density at radius 1 is 1.30 bits per heavy atom. The molecule has 10 heteroatoms. The van der Waals surface area contributed by atoms with Crippen molar-refractivity contribution in [2.45, 2.75) is 38.9 Å². The van der Waals surface area contributed by atoms with Crippen molar-refractivity contribution in [3.05, 3.63) is 53.5 Å². The normalized spacial score (nSPS) is 18.9. The predicted octanol–water partition coefficient (Wildman–Crippen LogP) is 4.15. The lowest BCUT2D eigenvalue weighted by atomic mass is 9.88. The molecule has 1 atom stereocenters. The van der Waals surface area contributed by atoms with Crippen molar-refractivity contribution < 1.29 is 22.7 Å². The van der Waals surface area contributed by atoms with Crippen LogP contribution in [0.4, 0.5) is 13.2 Å². The molecule has 2 heterocycles. The molecule has 0 fully saturated rings. The van der Waals surface area contributed by atoms with Gasteiger partial charge in [-0.3, -0.25) is 9.79 Å². The molecule has 0 unspecified atom stereocenters. The number of aromatic nitrogens is 2.